The van der Waals surface area contributed by atoms with E-state index in [0.717, 1.165) is 29.7 Å². The fourth-order valence-corrected chi connectivity index (χ4v) is 5.11. The third kappa shape index (κ3) is 3.84. The van der Waals surface area contributed by atoms with Crippen molar-refractivity contribution in [1.29, 1.82) is 0 Å². The molecule has 35 heavy (non-hydrogen) atoms. The summed E-state index contributed by atoms with van der Waals surface area (Å²) >= 11 is 18.9. The van der Waals surface area contributed by atoms with Crippen LogP contribution in [0.2, 0.25) is 15.1 Å². The summed E-state index contributed by atoms with van der Waals surface area (Å²) in [6.45, 7) is 1.99. The molecule has 6 rings (SSSR count). The molecule has 1 saturated carbocycles. The lowest BCUT2D eigenvalue weighted by Crippen LogP contribution is -2.08. The Hall–Kier alpha value is -3.12. The minimum absolute atomic E-state index is 0.221. The molecule has 1 aliphatic carbocycles. The van der Waals surface area contributed by atoms with Crippen molar-refractivity contribution in [3.8, 4) is 28.5 Å². The van der Waals surface area contributed by atoms with Gasteiger partial charge in [0.2, 0.25) is 5.89 Å². The van der Waals surface area contributed by atoms with Gasteiger partial charge in [-0.25, -0.2) is 4.68 Å². The maximum Gasteiger partial charge on any atom is 0.268 e. The molecule has 8 heteroatoms. The normalized spacial score (nSPS) is 14.3. The average molecular weight is 522 g/mol. The van der Waals surface area contributed by atoms with Crippen LogP contribution in [-0.2, 0) is 5.41 Å². The van der Waals surface area contributed by atoms with E-state index in [9.17, 15) is 0 Å². The summed E-state index contributed by atoms with van der Waals surface area (Å²) in [6.07, 6.45) is 1.95. The molecular formula is C27H19Cl3N4O. The van der Waals surface area contributed by atoms with Crippen molar-refractivity contribution in [2.75, 3.05) is 0 Å². The molecular weight excluding hydrogens is 503 g/mol. The van der Waals surface area contributed by atoms with Gasteiger partial charge in [0.15, 0.2) is 5.69 Å². The van der Waals surface area contributed by atoms with Gasteiger partial charge in [-0.15, -0.1) is 10.2 Å². The predicted octanol–water partition coefficient (Wildman–Crippen LogP) is 7.94. The second kappa shape index (κ2) is 8.52. The first-order valence-corrected chi connectivity index (χ1v) is 12.3. The van der Waals surface area contributed by atoms with Crippen LogP contribution in [0.5, 0.6) is 0 Å². The summed E-state index contributed by atoms with van der Waals surface area (Å²) in [7, 11) is 0. The van der Waals surface area contributed by atoms with Gasteiger partial charge in [0.1, 0.15) is 0 Å². The van der Waals surface area contributed by atoms with Gasteiger partial charge in [0, 0.05) is 21.2 Å². The van der Waals surface area contributed by atoms with Crippen molar-refractivity contribution in [3.05, 3.63) is 105 Å². The fourth-order valence-electron chi connectivity index (χ4n) is 4.49. The Balaban J connectivity index is 1.50. The van der Waals surface area contributed by atoms with E-state index in [2.05, 4.69) is 22.3 Å². The molecule has 0 atom stereocenters. The molecule has 0 radical (unpaired) electrons. The van der Waals surface area contributed by atoms with Crippen molar-refractivity contribution in [3.63, 3.8) is 0 Å². The number of rotatable bonds is 5. The van der Waals surface area contributed by atoms with Crippen LogP contribution in [0, 0.1) is 6.92 Å². The predicted molar refractivity (Wildman–Crippen MR) is 139 cm³/mol. The molecule has 5 nitrogen and oxygen atoms in total. The van der Waals surface area contributed by atoms with E-state index in [1.54, 1.807) is 16.8 Å². The minimum atomic E-state index is -0.221. The van der Waals surface area contributed by atoms with Crippen LogP contribution < -0.4 is 0 Å². The second-order valence-corrected chi connectivity index (χ2v) is 9.98. The number of hydrogen-bond donors (Lipinski definition) is 0. The number of halogens is 3. The molecule has 0 bridgehead atoms. The molecule has 0 aliphatic heterocycles. The maximum absolute atomic E-state index is 6.58. The monoisotopic (exact) mass is 520 g/mol. The van der Waals surface area contributed by atoms with E-state index in [-0.39, 0.29) is 5.41 Å². The first-order chi connectivity index (χ1) is 17.0. The lowest BCUT2D eigenvalue weighted by atomic mass is 9.96. The van der Waals surface area contributed by atoms with Gasteiger partial charge < -0.3 is 4.42 Å². The van der Waals surface area contributed by atoms with Crippen LogP contribution in [0.15, 0.2) is 77.2 Å². The highest BCUT2D eigenvalue weighted by Crippen LogP contribution is 2.53. The van der Waals surface area contributed by atoms with Crippen molar-refractivity contribution in [1.82, 2.24) is 20.0 Å². The number of nitrogens with zero attached hydrogens (tertiary/aromatic N) is 4. The molecule has 5 aromatic rings. The van der Waals surface area contributed by atoms with Gasteiger partial charge >= 0.3 is 0 Å². The summed E-state index contributed by atoms with van der Waals surface area (Å²) in [4.78, 5) is 0. The zero-order valence-electron chi connectivity index (χ0n) is 18.7. The van der Waals surface area contributed by atoms with Crippen molar-refractivity contribution in [2.24, 2.45) is 0 Å². The molecule has 0 N–H and O–H groups in total. The van der Waals surface area contributed by atoms with Gasteiger partial charge in [-0.05, 0) is 55.7 Å². The Bertz CT molecular complexity index is 1540. The summed E-state index contributed by atoms with van der Waals surface area (Å²) in [5, 5.41) is 15.4. The van der Waals surface area contributed by atoms with Crippen LogP contribution in [0.25, 0.3) is 28.5 Å². The molecule has 0 saturated heterocycles. The fraction of sp³-hybridized carbons (Fsp3) is 0.148. The molecule has 0 unspecified atom stereocenters. The highest BCUT2D eigenvalue weighted by Gasteiger charge is 2.50. The van der Waals surface area contributed by atoms with E-state index >= 15 is 0 Å². The lowest BCUT2D eigenvalue weighted by molar-refractivity contribution is 0.470. The highest BCUT2D eigenvalue weighted by molar-refractivity contribution is 6.35. The number of hydrogen-bond acceptors (Lipinski definition) is 4. The molecule has 3 aromatic carbocycles. The van der Waals surface area contributed by atoms with E-state index in [1.165, 1.54) is 5.56 Å². The third-order valence-electron chi connectivity index (χ3n) is 6.49. The molecule has 174 valence electrons. The number of benzene rings is 3. The summed E-state index contributed by atoms with van der Waals surface area (Å²) < 4.78 is 8.06. The lowest BCUT2D eigenvalue weighted by Gasteiger charge is -2.11. The second-order valence-electron chi connectivity index (χ2n) is 8.70. The largest absolute Gasteiger partial charge is 0.418 e. The van der Waals surface area contributed by atoms with Gasteiger partial charge in [-0.3, -0.25) is 0 Å². The van der Waals surface area contributed by atoms with Gasteiger partial charge in [0.05, 0.1) is 21.8 Å². The standard InChI is InChI=1S/C27H19Cl3N4O/c1-16-23(25-31-32-26(35-25)27(13-14-27)18-5-3-2-4-6-18)33-34(22-12-11-20(29)15-21(22)30)24(16)17-7-9-19(28)10-8-17/h2-12,15H,13-14H2,1H3. The van der Waals surface area contributed by atoms with Crippen molar-refractivity contribution < 1.29 is 4.42 Å². The highest BCUT2D eigenvalue weighted by atomic mass is 35.5. The Morgan fingerprint density at radius 1 is 0.857 bits per heavy atom. The van der Waals surface area contributed by atoms with Crippen LogP contribution in [0.4, 0.5) is 0 Å². The summed E-state index contributed by atoms with van der Waals surface area (Å²) in [6, 6.07) is 23.2. The van der Waals surface area contributed by atoms with Crippen LogP contribution in [-0.4, -0.2) is 20.0 Å². The van der Waals surface area contributed by atoms with E-state index in [1.807, 2.05) is 55.5 Å². The van der Waals surface area contributed by atoms with Crippen LogP contribution >= 0.6 is 34.8 Å². The Morgan fingerprint density at radius 2 is 1.57 bits per heavy atom. The minimum Gasteiger partial charge on any atom is -0.418 e. The van der Waals surface area contributed by atoms with Gasteiger partial charge in [-0.1, -0.05) is 77.3 Å². The summed E-state index contributed by atoms with van der Waals surface area (Å²) in [5.74, 6) is 0.990. The zero-order chi connectivity index (χ0) is 24.2. The smallest absolute Gasteiger partial charge is 0.268 e. The molecule has 1 fully saturated rings. The molecule has 2 aromatic heterocycles. The van der Waals surface area contributed by atoms with Gasteiger partial charge in [-0.2, -0.15) is 5.10 Å². The molecule has 0 amide bonds. The van der Waals surface area contributed by atoms with E-state index in [4.69, 9.17) is 44.3 Å². The maximum atomic E-state index is 6.58. The average Bonchev–Trinajstić information content (AvgIpc) is 3.40. The number of aromatic nitrogens is 4. The Kier molecular flexibility index (Phi) is 5.44. The van der Waals surface area contributed by atoms with E-state index in [0.29, 0.717) is 38.2 Å². The molecule has 1 aliphatic rings. The first kappa shape index (κ1) is 22.4. The quantitative estimate of drug-likeness (QED) is 0.235. The van der Waals surface area contributed by atoms with Crippen LogP contribution in [0.1, 0.15) is 29.9 Å². The van der Waals surface area contributed by atoms with Gasteiger partial charge in [0.25, 0.3) is 5.89 Å². The Labute approximate surface area is 217 Å². The third-order valence-corrected chi connectivity index (χ3v) is 7.28. The van der Waals surface area contributed by atoms with Crippen molar-refractivity contribution >= 4 is 34.8 Å². The molecule has 0 spiro atoms. The topological polar surface area (TPSA) is 56.7 Å². The molecule has 2 heterocycles. The van der Waals surface area contributed by atoms with Crippen molar-refractivity contribution in [2.45, 2.75) is 25.2 Å². The first-order valence-electron chi connectivity index (χ1n) is 11.2. The Morgan fingerprint density at radius 3 is 2.26 bits per heavy atom. The summed E-state index contributed by atoms with van der Waals surface area (Å²) in [5.41, 5.74) is 4.93. The van der Waals surface area contributed by atoms with Crippen LogP contribution in [0.3, 0.4) is 0 Å². The SMILES string of the molecule is Cc1c(-c2nnc(C3(c4ccccc4)CC3)o2)nn(-c2ccc(Cl)cc2Cl)c1-c1ccc(Cl)cc1. The van der Waals surface area contributed by atoms with E-state index < -0.39 is 0 Å². The zero-order valence-corrected chi connectivity index (χ0v) is 20.9.